The highest BCUT2D eigenvalue weighted by Crippen LogP contribution is 2.31. The summed E-state index contributed by atoms with van der Waals surface area (Å²) in [6.45, 7) is 0. The molecule has 2 N–H and O–H groups in total. The van der Waals surface area contributed by atoms with Crippen molar-refractivity contribution in [2.45, 2.75) is 57.1 Å². The van der Waals surface area contributed by atoms with Gasteiger partial charge in [0.1, 0.15) is 0 Å². The van der Waals surface area contributed by atoms with Crippen LogP contribution in [0.25, 0.3) is 0 Å². The van der Waals surface area contributed by atoms with E-state index in [0.717, 1.165) is 37.8 Å². The van der Waals surface area contributed by atoms with Gasteiger partial charge >= 0.3 is 0 Å². The predicted octanol–water partition coefficient (Wildman–Crippen LogP) is 2.38. The van der Waals surface area contributed by atoms with Crippen LogP contribution in [0.15, 0.2) is 36.0 Å². The van der Waals surface area contributed by atoms with Crippen LogP contribution in [0.3, 0.4) is 0 Å². The lowest BCUT2D eigenvalue weighted by Gasteiger charge is -2.38. The molecule has 4 nitrogen and oxygen atoms in total. The van der Waals surface area contributed by atoms with Gasteiger partial charge in [-0.1, -0.05) is 17.7 Å². The van der Waals surface area contributed by atoms with E-state index in [4.69, 9.17) is 0 Å². The molecular weight excluding hydrogens is 276 g/mol. The van der Waals surface area contributed by atoms with E-state index in [9.17, 15) is 9.90 Å². The summed E-state index contributed by atoms with van der Waals surface area (Å²) < 4.78 is 0. The number of nitrogens with zero attached hydrogens (tertiary/aromatic N) is 1. The summed E-state index contributed by atoms with van der Waals surface area (Å²) in [5.41, 5.74) is 2.26. The molecule has 0 saturated heterocycles. The summed E-state index contributed by atoms with van der Waals surface area (Å²) in [6, 6.07) is 5.94. The molecule has 22 heavy (non-hydrogen) atoms. The maximum Gasteiger partial charge on any atom is 0.224 e. The van der Waals surface area contributed by atoms with Gasteiger partial charge in [-0.05, 0) is 50.2 Å². The standard InChI is InChI=1S/C18H24N2O2/c21-16-10-14(11-16)17(12-15-7-3-4-8-19-15)20-18(22)9-13-5-1-2-6-13/h3-5,7-8,14,16-17,21H,1-2,6,9-12H2,(H,20,22)/t14?,16?,17-/m1/s1. The van der Waals surface area contributed by atoms with Gasteiger partial charge in [0.05, 0.1) is 6.10 Å². The zero-order valence-corrected chi connectivity index (χ0v) is 12.9. The van der Waals surface area contributed by atoms with Crippen LogP contribution < -0.4 is 5.32 Å². The molecule has 0 radical (unpaired) electrons. The Bertz CT molecular complexity index is 535. The normalized spacial score (nSPS) is 25.2. The van der Waals surface area contributed by atoms with E-state index in [1.54, 1.807) is 6.20 Å². The van der Waals surface area contributed by atoms with Gasteiger partial charge in [0.15, 0.2) is 0 Å². The summed E-state index contributed by atoms with van der Waals surface area (Å²) in [4.78, 5) is 16.7. The average Bonchev–Trinajstić information content (AvgIpc) is 2.97. The van der Waals surface area contributed by atoms with Crippen molar-refractivity contribution in [3.8, 4) is 0 Å². The molecule has 1 atom stereocenters. The van der Waals surface area contributed by atoms with E-state index in [0.29, 0.717) is 12.3 Å². The molecule has 1 aromatic heterocycles. The van der Waals surface area contributed by atoms with Crippen molar-refractivity contribution in [3.05, 3.63) is 41.7 Å². The molecule has 1 saturated carbocycles. The summed E-state index contributed by atoms with van der Waals surface area (Å²) >= 11 is 0. The number of nitrogens with one attached hydrogen (secondary N) is 1. The smallest absolute Gasteiger partial charge is 0.224 e. The third-order valence-electron chi connectivity index (χ3n) is 4.74. The van der Waals surface area contributed by atoms with Gasteiger partial charge in [0.2, 0.25) is 5.91 Å². The molecule has 0 bridgehead atoms. The number of hydrogen-bond acceptors (Lipinski definition) is 3. The molecule has 0 aliphatic heterocycles. The molecule has 0 spiro atoms. The zero-order chi connectivity index (χ0) is 15.4. The average molecular weight is 300 g/mol. The highest BCUT2D eigenvalue weighted by molar-refractivity contribution is 5.79. The Morgan fingerprint density at radius 3 is 2.91 bits per heavy atom. The third kappa shape index (κ3) is 3.95. The maximum absolute atomic E-state index is 12.3. The predicted molar refractivity (Wildman–Crippen MR) is 85.2 cm³/mol. The van der Waals surface area contributed by atoms with Gasteiger partial charge < -0.3 is 10.4 Å². The van der Waals surface area contributed by atoms with Gasteiger partial charge in [0.25, 0.3) is 0 Å². The minimum absolute atomic E-state index is 0.0767. The Hall–Kier alpha value is -1.68. The van der Waals surface area contributed by atoms with E-state index in [1.807, 2.05) is 18.2 Å². The lowest BCUT2D eigenvalue weighted by Crippen LogP contribution is -2.48. The maximum atomic E-state index is 12.3. The van der Waals surface area contributed by atoms with Crippen molar-refractivity contribution in [2.24, 2.45) is 5.92 Å². The largest absolute Gasteiger partial charge is 0.393 e. The number of aromatic nitrogens is 1. The fourth-order valence-electron chi connectivity index (χ4n) is 3.40. The molecule has 1 aromatic rings. The van der Waals surface area contributed by atoms with E-state index >= 15 is 0 Å². The van der Waals surface area contributed by atoms with Crippen molar-refractivity contribution in [1.82, 2.24) is 10.3 Å². The number of amides is 1. The van der Waals surface area contributed by atoms with Crippen LogP contribution in [-0.4, -0.2) is 28.1 Å². The number of hydrogen-bond donors (Lipinski definition) is 2. The monoisotopic (exact) mass is 300 g/mol. The Kier molecular flexibility index (Phi) is 4.88. The molecule has 1 fully saturated rings. The Labute approximate surface area is 131 Å². The Morgan fingerprint density at radius 2 is 2.27 bits per heavy atom. The lowest BCUT2D eigenvalue weighted by atomic mass is 9.76. The van der Waals surface area contributed by atoms with E-state index in [2.05, 4.69) is 16.4 Å². The zero-order valence-electron chi connectivity index (χ0n) is 12.9. The van der Waals surface area contributed by atoms with Gasteiger partial charge in [-0.2, -0.15) is 0 Å². The number of carbonyl (C=O) groups excluding carboxylic acids is 1. The third-order valence-corrected chi connectivity index (χ3v) is 4.74. The fraction of sp³-hybridized carbons (Fsp3) is 0.556. The molecule has 2 aliphatic carbocycles. The van der Waals surface area contributed by atoms with Crippen molar-refractivity contribution in [3.63, 3.8) is 0 Å². The van der Waals surface area contributed by atoms with Crippen LogP contribution in [-0.2, 0) is 11.2 Å². The SMILES string of the molecule is O=C(CC1=CCCC1)N[C@H](Cc1ccccn1)C1CC(O)C1. The number of allylic oxidation sites excluding steroid dienone is 1. The second-order valence-electron chi connectivity index (χ2n) is 6.52. The van der Waals surface area contributed by atoms with Gasteiger partial charge in [-0.15, -0.1) is 0 Å². The topological polar surface area (TPSA) is 62.2 Å². The number of rotatable bonds is 6. The van der Waals surface area contributed by atoms with E-state index in [-0.39, 0.29) is 18.1 Å². The summed E-state index contributed by atoms with van der Waals surface area (Å²) in [7, 11) is 0. The molecule has 118 valence electrons. The first-order valence-electron chi connectivity index (χ1n) is 8.26. The Morgan fingerprint density at radius 1 is 1.41 bits per heavy atom. The first-order valence-corrected chi connectivity index (χ1v) is 8.26. The van der Waals surface area contributed by atoms with Crippen LogP contribution in [0.5, 0.6) is 0 Å². The van der Waals surface area contributed by atoms with Crippen LogP contribution >= 0.6 is 0 Å². The highest BCUT2D eigenvalue weighted by Gasteiger charge is 2.35. The molecule has 1 heterocycles. The summed E-state index contributed by atoms with van der Waals surface area (Å²) in [5, 5.41) is 12.7. The molecule has 1 amide bonds. The fourth-order valence-corrected chi connectivity index (χ4v) is 3.40. The number of aliphatic hydroxyl groups is 1. The molecular formula is C18H24N2O2. The minimum Gasteiger partial charge on any atom is -0.393 e. The number of pyridine rings is 1. The van der Waals surface area contributed by atoms with Gasteiger partial charge in [-0.25, -0.2) is 0 Å². The van der Waals surface area contributed by atoms with Crippen molar-refractivity contribution >= 4 is 5.91 Å². The van der Waals surface area contributed by atoms with Crippen molar-refractivity contribution in [1.29, 1.82) is 0 Å². The molecule has 2 aliphatic rings. The summed E-state index contributed by atoms with van der Waals surface area (Å²) in [5.74, 6) is 0.467. The number of carbonyl (C=O) groups is 1. The van der Waals surface area contributed by atoms with E-state index in [1.165, 1.54) is 12.0 Å². The van der Waals surface area contributed by atoms with Crippen LogP contribution in [0, 0.1) is 5.92 Å². The second kappa shape index (κ2) is 7.05. The number of aliphatic hydroxyl groups excluding tert-OH is 1. The highest BCUT2D eigenvalue weighted by atomic mass is 16.3. The van der Waals surface area contributed by atoms with Crippen LogP contribution in [0.1, 0.15) is 44.2 Å². The summed E-state index contributed by atoms with van der Waals surface area (Å²) in [6.07, 6.45) is 9.93. The van der Waals surface area contributed by atoms with Crippen molar-refractivity contribution in [2.75, 3.05) is 0 Å². The second-order valence-corrected chi connectivity index (χ2v) is 6.52. The minimum atomic E-state index is -0.203. The molecule has 4 heteroatoms. The first kappa shape index (κ1) is 15.2. The molecule has 3 rings (SSSR count). The van der Waals surface area contributed by atoms with E-state index < -0.39 is 0 Å². The van der Waals surface area contributed by atoms with Gasteiger partial charge in [0, 0.05) is 30.8 Å². The van der Waals surface area contributed by atoms with Crippen LogP contribution in [0.4, 0.5) is 0 Å². The quantitative estimate of drug-likeness (QED) is 0.793. The lowest BCUT2D eigenvalue weighted by molar-refractivity contribution is -0.122. The first-order chi connectivity index (χ1) is 10.7. The molecule has 0 aromatic carbocycles. The van der Waals surface area contributed by atoms with Crippen molar-refractivity contribution < 1.29 is 9.90 Å². The van der Waals surface area contributed by atoms with Crippen LogP contribution in [0.2, 0.25) is 0 Å². The van der Waals surface area contributed by atoms with Gasteiger partial charge in [-0.3, -0.25) is 9.78 Å². The Balaban J connectivity index is 1.59. The molecule has 0 unspecified atom stereocenters.